The minimum absolute atomic E-state index is 0.140. The summed E-state index contributed by atoms with van der Waals surface area (Å²) >= 11 is 0. The maximum Gasteiger partial charge on any atom is 0.0437 e. The minimum atomic E-state index is 0.140. The van der Waals surface area contributed by atoms with Gasteiger partial charge in [-0.15, -0.1) is 0 Å². The summed E-state index contributed by atoms with van der Waals surface area (Å²) in [6.07, 6.45) is 3.06. The molecule has 3 nitrogen and oxygen atoms in total. The second-order valence-corrected chi connectivity index (χ2v) is 2.98. The van der Waals surface area contributed by atoms with Crippen molar-refractivity contribution in [3.05, 3.63) is 30.1 Å². The molecule has 0 aliphatic carbocycles. The van der Waals surface area contributed by atoms with Gasteiger partial charge in [0.05, 0.1) is 0 Å². The van der Waals surface area contributed by atoms with E-state index in [2.05, 4.69) is 4.98 Å². The molecule has 13 heavy (non-hydrogen) atoms. The standard InChI is InChI=1S/C10H15NO2/c12-7-4-9(5-8-13)10-3-1-2-6-11-10/h1-3,6,9,12-13H,4-5,7-8H2. The van der Waals surface area contributed by atoms with Crippen LogP contribution in [0.3, 0.4) is 0 Å². The highest BCUT2D eigenvalue weighted by Gasteiger charge is 2.10. The van der Waals surface area contributed by atoms with Gasteiger partial charge in [-0.05, 0) is 25.0 Å². The molecule has 0 aliphatic rings. The van der Waals surface area contributed by atoms with Crippen LogP contribution in [0.5, 0.6) is 0 Å². The number of nitrogens with zero attached hydrogens (tertiary/aromatic N) is 1. The van der Waals surface area contributed by atoms with E-state index in [4.69, 9.17) is 10.2 Å². The second-order valence-electron chi connectivity index (χ2n) is 2.98. The zero-order valence-corrected chi connectivity index (χ0v) is 7.56. The van der Waals surface area contributed by atoms with Gasteiger partial charge in [-0.1, -0.05) is 6.07 Å². The van der Waals surface area contributed by atoms with E-state index in [1.54, 1.807) is 6.20 Å². The molecule has 0 spiro atoms. The molecule has 72 valence electrons. The van der Waals surface area contributed by atoms with Crippen LogP contribution in [-0.4, -0.2) is 28.4 Å². The van der Waals surface area contributed by atoms with E-state index in [9.17, 15) is 0 Å². The van der Waals surface area contributed by atoms with E-state index < -0.39 is 0 Å². The van der Waals surface area contributed by atoms with Crippen LogP contribution in [0.25, 0.3) is 0 Å². The fraction of sp³-hybridized carbons (Fsp3) is 0.500. The lowest BCUT2D eigenvalue weighted by Crippen LogP contribution is -2.05. The molecule has 0 aliphatic heterocycles. The Morgan fingerprint density at radius 3 is 2.31 bits per heavy atom. The molecule has 1 rings (SSSR count). The molecule has 0 radical (unpaired) electrons. The van der Waals surface area contributed by atoms with Gasteiger partial charge in [0.15, 0.2) is 0 Å². The molecule has 0 unspecified atom stereocenters. The highest BCUT2D eigenvalue weighted by atomic mass is 16.3. The molecule has 1 aromatic heterocycles. The van der Waals surface area contributed by atoms with E-state index in [0.717, 1.165) is 5.69 Å². The summed E-state index contributed by atoms with van der Waals surface area (Å²) in [6.45, 7) is 0.280. The largest absolute Gasteiger partial charge is 0.396 e. The topological polar surface area (TPSA) is 53.4 Å². The fourth-order valence-corrected chi connectivity index (χ4v) is 1.37. The van der Waals surface area contributed by atoms with Crippen LogP contribution in [0, 0.1) is 0 Å². The number of pyridine rings is 1. The average Bonchev–Trinajstić information content (AvgIpc) is 2.19. The van der Waals surface area contributed by atoms with Gasteiger partial charge in [0.25, 0.3) is 0 Å². The highest BCUT2D eigenvalue weighted by Crippen LogP contribution is 2.19. The van der Waals surface area contributed by atoms with Crippen molar-refractivity contribution in [2.45, 2.75) is 18.8 Å². The number of rotatable bonds is 5. The van der Waals surface area contributed by atoms with Crippen molar-refractivity contribution < 1.29 is 10.2 Å². The van der Waals surface area contributed by atoms with Gasteiger partial charge in [-0.25, -0.2) is 0 Å². The number of aliphatic hydroxyl groups is 2. The van der Waals surface area contributed by atoms with Gasteiger partial charge in [-0.2, -0.15) is 0 Å². The molecule has 0 atom stereocenters. The molecule has 0 bridgehead atoms. The van der Waals surface area contributed by atoms with E-state index in [-0.39, 0.29) is 19.1 Å². The summed E-state index contributed by atoms with van der Waals surface area (Å²) in [4.78, 5) is 4.19. The lowest BCUT2D eigenvalue weighted by atomic mass is 9.98. The van der Waals surface area contributed by atoms with Gasteiger partial charge >= 0.3 is 0 Å². The normalized spacial score (nSPS) is 10.7. The molecule has 1 aromatic rings. The van der Waals surface area contributed by atoms with Gasteiger partial charge in [0.2, 0.25) is 0 Å². The number of aliphatic hydroxyl groups excluding tert-OH is 2. The lowest BCUT2D eigenvalue weighted by Gasteiger charge is -2.12. The molecular weight excluding hydrogens is 166 g/mol. The van der Waals surface area contributed by atoms with Crippen molar-refractivity contribution in [2.75, 3.05) is 13.2 Å². The predicted molar refractivity (Wildman–Crippen MR) is 50.4 cm³/mol. The van der Waals surface area contributed by atoms with Crippen LogP contribution in [0.2, 0.25) is 0 Å². The third kappa shape index (κ3) is 3.13. The van der Waals surface area contributed by atoms with Gasteiger partial charge < -0.3 is 10.2 Å². The van der Waals surface area contributed by atoms with E-state index in [1.807, 2.05) is 18.2 Å². The van der Waals surface area contributed by atoms with E-state index in [1.165, 1.54) is 0 Å². The SMILES string of the molecule is OCCC(CCO)c1ccccn1. The van der Waals surface area contributed by atoms with E-state index >= 15 is 0 Å². The van der Waals surface area contributed by atoms with Gasteiger partial charge in [0.1, 0.15) is 0 Å². The maximum absolute atomic E-state index is 8.82. The average molecular weight is 181 g/mol. The first-order valence-corrected chi connectivity index (χ1v) is 4.51. The third-order valence-corrected chi connectivity index (χ3v) is 2.06. The first-order valence-electron chi connectivity index (χ1n) is 4.51. The Morgan fingerprint density at radius 1 is 1.15 bits per heavy atom. The molecule has 1 heterocycles. The summed E-state index contributed by atoms with van der Waals surface area (Å²) < 4.78 is 0. The summed E-state index contributed by atoms with van der Waals surface area (Å²) in [5, 5.41) is 17.6. The van der Waals surface area contributed by atoms with Crippen molar-refractivity contribution >= 4 is 0 Å². The predicted octanol–water partition coefficient (Wildman–Crippen LogP) is 0.930. The monoisotopic (exact) mass is 181 g/mol. The summed E-state index contributed by atoms with van der Waals surface area (Å²) in [6, 6.07) is 5.71. The number of hydrogen-bond acceptors (Lipinski definition) is 3. The molecule has 3 heteroatoms. The molecule has 0 aromatic carbocycles. The Bertz CT molecular complexity index is 220. The molecule has 0 amide bonds. The van der Waals surface area contributed by atoms with Crippen molar-refractivity contribution in [3.63, 3.8) is 0 Å². The highest BCUT2D eigenvalue weighted by molar-refractivity contribution is 5.09. The van der Waals surface area contributed by atoms with Crippen molar-refractivity contribution in [2.24, 2.45) is 0 Å². The summed E-state index contributed by atoms with van der Waals surface area (Å²) in [5.74, 6) is 0.177. The van der Waals surface area contributed by atoms with Crippen LogP contribution >= 0.6 is 0 Å². The zero-order chi connectivity index (χ0) is 9.52. The van der Waals surface area contributed by atoms with Crippen LogP contribution in [0.4, 0.5) is 0 Å². The number of hydrogen-bond donors (Lipinski definition) is 2. The zero-order valence-electron chi connectivity index (χ0n) is 7.56. The third-order valence-electron chi connectivity index (χ3n) is 2.06. The molecular formula is C10H15NO2. The summed E-state index contributed by atoms with van der Waals surface area (Å²) in [7, 11) is 0. The smallest absolute Gasteiger partial charge is 0.0437 e. The Hall–Kier alpha value is -0.930. The van der Waals surface area contributed by atoms with Crippen LogP contribution in [0.1, 0.15) is 24.5 Å². The van der Waals surface area contributed by atoms with E-state index in [0.29, 0.717) is 12.8 Å². The Labute approximate surface area is 78.1 Å². The fourth-order valence-electron chi connectivity index (χ4n) is 1.37. The minimum Gasteiger partial charge on any atom is -0.396 e. The van der Waals surface area contributed by atoms with Crippen LogP contribution in [-0.2, 0) is 0 Å². The first-order chi connectivity index (χ1) is 6.38. The lowest BCUT2D eigenvalue weighted by molar-refractivity contribution is 0.240. The van der Waals surface area contributed by atoms with Crippen molar-refractivity contribution in [1.29, 1.82) is 0 Å². The van der Waals surface area contributed by atoms with Crippen LogP contribution in [0.15, 0.2) is 24.4 Å². The first kappa shape index (κ1) is 10.2. The molecule has 0 saturated carbocycles. The Morgan fingerprint density at radius 2 is 1.85 bits per heavy atom. The van der Waals surface area contributed by atoms with Gasteiger partial charge in [-0.3, -0.25) is 4.98 Å². The Balaban J connectivity index is 2.64. The molecule has 0 saturated heterocycles. The molecule has 0 fully saturated rings. The maximum atomic E-state index is 8.82. The summed E-state index contributed by atoms with van der Waals surface area (Å²) in [5.41, 5.74) is 0.950. The quantitative estimate of drug-likeness (QED) is 0.710. The van der Waals surface area contributed by atoms with Crippen LogP contribution < -0.4 is 0 Å². The number of aromatic nitrogens is 1. The Kier molecular flexibility index (Phi) is 4.43. The second kappa shape index (κ2) is 5.67. The van der Waals surface area contributed by atoms with Crippen molar-refractivity contribution in [3.8, 4) is 0 Å². The van der Waals surface area contributed by atoms with Gasteiger partial charge in [0, 0.05) is 31.0 Å². The molecule has 2 N–H and O–H groups in total. The van der Waals surface area contributed by atoms with Crippen molar-refractivity contribution in [1.82, 2.24) is 4.98 Å².